The topological polar surface area (TPSA) is 101 Å². The third-order valence-electron chi connectivity index (χ3n) is 6.09. The molecule has 9 heteroatoms. The first-order valence-electron chi connectivity index (χ1n) is 11.3. The average Bonchev–Trinajstić information content (AvgIpc) is 2.85. The predicted octanol–water partition coefficient (Wildman–Crippen LogP) is 2.08. The summed E-state index contributed by atoms with van der Waals surface area (Å²) in [5, 5.41) is 9.82. The Balaban J connectivity index is 2.04. The first-order valence-corrected chi connectivity index (χ1v) is 11.3. The summed E-state index contributed by atoms with van der Waals surface area (Å²) < 4.78 is 16.7. The lowest BCUT2D eigenvalue weighted by molar-refractivity contribution is -0.135. The molecule has 9 nitrogen and oxygen atoms in total. The van der Waals surface area contributed by atoms with Crippen molar-refractivity contribution in [2.45, 2.75) is 26.0 Å². The number of fused-ring (bicyclic) bond motifs is 1. The number of aliphatic hydroxyl groups is 1. The molecule has 1 aliphatic heterocycles. The van der Waals surface area contributed by atoms with Gasteiger partial charge in [0.05, 0.1) is 26.3 Å². The Labute approximate surface area is 200 Å². The van der Waals surface area contributed by atoms with Crippen molar-refractivity contribution in [3.8, 4) is 22.8 Å². The largest absolute Gasteiger partial charge is 0.496 e. The van der Waals surface area contributed by atoms with E-state index in [1.165, 1.54) is 7.11 Å². The van der Waals surface area contributed by atoms with E-state index >= 15 is 0 Å². The number of methoxy groups -OCH3 is 2. The summed E-state index contributed by atoms with van der Waals surface area (Å²) >= 11 is 0. The van der Waals surface area contributed by atoms with Crippen LogP contribution in [0, 0.1) is 5.92 Å². The SMILES string of the molecule is COCC(=O)N(C)C[C@@H]1Oc2ncc(-c3ccccc3OC)cc2C(=O)N([C@H](C)CO)C[C@H]1C. The molecule has 0 aliphatic carbocycles. The first kappa shape index (κ1) is 25.5. The van der Waals surface area contributed by atoms with Crippen molar-refractivity contribution in [3.63, 3.8) is 0 Å². The smallest absolute Gasteiger partial charge is 0.259 e. The molecule has 1 aromatic carbocycles. The van der Waals surface area contributed by atoms with Gasteiger partial charge in [-0.1, -0.05) is 25.1 Å². The molecule has 0 spiro atoms. The van der Waals surface area contributed by atoms with Crippen molar-refractivity contribution in [1.82, 2.24) is 14.8 Å². The van der Waals surface area contributed by atoms with Gasteiger partial charge >= 0.3 is 0 Å². The zero-order valence-electron chi connectivity index (χ0n) is 20.4. The molecule has 0 radical (unpaired) electrons. The Bertz CT molecular complexity index is 1010. The Hall–Kier alpha value is -3.17. The number of pyridine rings is 1. The molecule has 0 saturated heterocycles. The van der Waals surface area contributed by atoms with Crippen LogP contribution in [0.2, 0.25) is 0 Å². The molecule has 0 fully saturated rings. The van der Waals surface area contributed by atoms with E-state index < -0.39 is 12.1 Å². The minimum Gasteiger partial charge on any atom is -0.496 e. The van der Waals surface area contributed by atoms with Gasteiger partial charge in [-0.15, -0.1) is 0 Å². The molecule has 34 heavy (non-hydrogen) atoms. The normalized spacial score (nSPS) is 18.9. The molecule has 0 bridgehead atoms. The minimum absolute atomic E-state index is 0.0269. The van der Waals surface area contributed by atoms with Crippen molar-refractivity contribution in [1.29, 1.82) is 0 Å². The Morgan fingerprint density at radius 2 is 2.06 bits per heavy atom. The predicted molar refractivity (Wildman–Crippen MR) is 127 cm³/mol. The summed E-state index contributed by atoms with van der Waals surface area (Å²) in [6.45, 7) is 4.21. The van der Waals surface area contributed by atoms with Crippen LogP contribution in [0.5, 0.6) is 11.6 Å². The fourth-order valence-electron chi connectivity index (χ4n) is 3.96. The maximum Gasteiger partial charge on any atom is 0.259 e. The highest BCUT2D eigenvalue weighted by atomic mass is 16.5. The standard InChI is InChI=1S/C25H33N3O6/c1-16-12-28(17(2)14-29)25(31)20-10-18(19-8-6-7-9-21(19)33-5)11-26-24(20)34-22(16)13-27(3)23(30)15-32-4/h6-11,16-17,22,29H,12-15H2,1-5H3/t16-,17-,22+/m1/s1. The summed E-state index contributed by atoms with van der Waals surface area (Å²) in [7, 11) is 4.75. The number of amides is 2. The molecule has 0 unspecified atom stereocenters. The molecule has 2 amide bonds. The van der Waals surface area contributed by atoms with Gasteiger partial charge in [-0.25, -0.2) is 4.98 Å². The lowest BCUT2D eigenvalue weighted by Crippen LogP contribution is -2.50. The van der Waals surface area contributed by atoms with Crippen LogP contribution in [0.3, 0.4) is 0 Å². The molecular formula is C25H33N3O6. The Morgan fingerprint density at radius 1 is 1.32 bits per heavy atom. The Kier molecular flexibility index (Phi) is 8.46. The highest BCUT2D eigenvalue weighted by molar-refractivity contribution is 5.98. The van der Waals surface area contributed by atoms with E-state index in [4.69, 9.17) is 14.2 Å². The fourth-order valence-corrected chi connectivity index (χ4v) is 3.96. The molecule has 184 valence electrons. The minimum atomic E-state index is -0.421. The average molecular weight is 472 g/mol. The molecule has 1 N–H and O–H groups in total. The van der Waals surface area contributed by atoms with E-state index in [-0.39, 0.29) is 36.8 Å². The number of carbonyl (C=O) groups is 2. The number of para-hydroxylation sites is 1. The highest BCUT2D eigenvalue weighted by Gasteiger charge is 2.34. The summed E-state index contributed by atoms with van der Waals surface area (Å²) in [6, 6.07) is 8.84. The van der Waals surface area contributed by atoms with Gasteiger partial charge in [0, 0.05) is 43.9 Å². The maximum absolute atomic E-state index is 13.6. The number of aromatic nitrogens is 1. The number of hydrogen-bond acceptors (Lipinski definition) is 7. The van der Waals surface area contributed by atoms with E-state index in [9.17, 15) is 14.7 Å². The van der Waals surface area contributed by atoms with E-state index in [0.717, 1.165) is 5.56 Å². The van der Waals surface area contributed by atoms with Crippen molar-refractivity contribution in [2.75, 3.05) is 47.6 Å². The highest BCUT2D eigenvalue weighted by Crippen LogP contribution is 2.34. The number of likely N-dealkylation sites (N-methyl/N-ethyl adjacent to an activating group) is 1. The van der Waals surface area contributed by atoms with Gasteiger partial charge in [0.15, 0.2) is 0 Å². The van der Waals surface area contributed by atoms with Crippen molar-refractivity contribution in [3.05, 3.63) is 42.1 Å². The maximum atomic E-state index is 13.6. The third kappa shape index (κ3) is 5.48. The van der Waals surface area contributed by atoms with E-state index in [2.05, 4.69) is 4.98 Å². The van der Waals surface area contributed by atoms with E-state index in [1.54, 1.807) is 43.1 Å². The van der Waals surface area contributed by atoms with Gasteiger partial charge in [0.2, 0.25) is 11.8 Å². The number of rotatable bonds is 8. The van der Waals surface area contributed by atoms with Crippen molar-refractivity contribution < 1.29 is 28.9 Å². The molecule has 1 aromatic heterocycles. The monoisotopic (exact) mass is 471 g/mol. The van der Waals surface area contributed by atoms with Crippen LogP contribution in [0.4, 0.5) is 0 Å². The number of ether oxygens (including phenoxy) is 3. The second-order valence-electron chi connectivity index (χ2n) is 8.61. The zero-order valence-corrected chi connectivity index (χ0v) is 20.4. The second kappa shape index (κ2) is 11.3. The van der Waals surface area contributed by atoms with Crippen LogP contribution in [0.15, 0.2) is 36.5 Å². The van der Waals surface area contributed by atoms with Gasteiger partial charge in [-0.3, -0.25) is 9.59 Å². The lowest BCUT2D eigenvalue weighted by atomic mass is 9.99. The number of hydrogen-bond donors (Lipinski definition) is 1. The Morgan fingerprint density at radius 3 is 2.74 bits per heavy atom. The summed E-state index contributed by atoms with van der Waals surface area (Å²) in [4.78, 5) is 33.5. The van der Waals surface area contributed by atoms with E-state index in [0.29, 0.717) is 30.0 Å². The molecule has 2 aromatic rings. The van der Waals surface area contributed by atoms with Gasteiger partial charge in [0.1, 0.15) is 24.0 Å². The molecule has 3 rings (SSSR count). The number of benzene rings is 1. The van der Waals surface area contributed by atoms with E-state index in [1.807, 2.05) is 31.2 Å². The third-order valence-corrected chi connectivity index (χ3v) is 6.09. The molecule has 0 saturated carbocycles. The summed E-state index contributed by atoms with van der Waals surface area (Å²) in [5.74, 6) is 0.294. The lowest BCUT2D eigenvalue weighted by Gasteiger charge is -2.37. The van der Waals surface area contributed by atoms with Gasteiger partial charge in [0.25, 0.3) is 5.91 Å². The summed E-state index contributed by atoms with van der Waals surface area (Å²) in [5.41, 5.74) is 1.81. The van der Waals surface area contributed by atoms with Crippen LogP contribution in [0.25, 0.3) is 11.1 Å². The van der Waals surface area contributed by atoms with Crippen LogP contribution in [0.1, 0.15) is 24.2 Å². The molecule has 1 aliphatic rings. The second-order valence-corrected chi connectivity index (χ2v) is 8.61. The zero-order chi connectivity index (χ0) is 24.8. The van der Waals surface area contributed by atoms with Gasteiger partial charge < -0.3 is 29.1 Å². The van der Waals surface area contributed by atoms with Crippen LogP contribution in [-0.2, 0) is 9.53 Å². The van der Waals surface area contributed by atoms with Crippen molar-refractivity contribution >= 4 is 11.8 Å². The number of aliphatic hydroxyl groups excluding tert-OH is 1. The molecular weight excluding hydrogens is 438 g/mol. The van der Waals surface area contributed by atoms with Crippen LogP contribution < -0.4 is 9.47 Å². The molecule has 3 atom stereocenters. The van der Waals surface area contributed by atoms with Gasteiger partial charge in [-0.2, -0.15) is 0 Å². The van der Waals surface area contributed by atoms with Crippen molar-refractivity contribution in [2.24, 2.45) is 5.92 Å². The number of carbonyl (C=O) groups excluding carboxylic acids is 2. The fraction of sp³-hybridized carbons (Fsp3) is 0.480. The van der Waals surface area contributed by atoms with Crippen LogP contribution >= 0.6 is 0 Å². The van der Waals surface area contributed by atoms with Gasteiger partial charge in [-0.05, 0) is 19.1 Å². The molecule has 2 heterocycles. The van der Waals surface area contributed by atoms with Crippen LogP contribution in [-0.4, -0.2) is 91.4 Å². The quantitative estimate of drug-likeness (QED) is 0.629. The number of nitrogens with zero attached hydrogens (tertiary/aromatic N) is 3. The summed E-state index contributed by atoms with van der Waals surface area (Å²) in [6.07, 6.45) is 1.23. The first-order chi connectivity index (χ1) is 16.3.